The number of ether oxygens (including phenoxy) is 1. The fourth-order valence-corrected chi connectivity index (χ4v) is 3.98. The van der Waals surface area contributed by atoms with Crippen LogP contribution in [0.3, 0.4) is 0 Å². The van der Waals surface area contributed by atoms with Crippen molar-refractivity contribution in [2.24, 2.45) is 10.1 Å². The van der Waals surface area contributed by atoms with Crippen LogP contribution in [0.15, 0.2) is 52.6 Å². The lowest BCUT2D eigenvalue weighted by Crippen LogP contribution is -2.50. The number of carbonyl (C=O) groups excluding carboxylic acids is 1. The van der Waals surface area contributed by atoms with Crippen LogP contribution in [-0.4, -0.2) is 28.4 Å². The summed E-state index contributed by atoms with van der Waals surface area (Å²) in [6.45, 7) is 6.63. The van der Waals surface area contributed by atoms with Crippen LogP contribution in [0, 0.1) is 6.92 Å². The number of carbonyl (C=O) groups is 1. The standard InChI is InChI=1S/C21H22N4O2S/c1-4-27-17-11-10-14(12-13(17)3)19-22-16-9-7-6-8-15(16)18-20(26)23-21(28-5-2)24-25(18)19/h6-12,19H,4-5H2,1-3H3,(H,23,24,26). The van der Waals surface area contributed by atoms with Crippen LogP contribution < -0.4 is 20.6 Å². The molecule has 6 nitrogen and oxygen atoms in total. The van der Waals surface area contributed by atoms with Gasteiger partial charge in [-0.05, 0) is 48.9 Å². The molecule has 1 N–H and O–H groups in total. The average molecular weight is 395 g/mol. The average Bonchev–Trinajstić information content (AvgIpc) is 2.69. The van der Waals surface area contributed by atoms with E-state index in [4.69, 9.17) is 14.8 Å². The Hall–Kier alpha value is -2.80. The zero-order chi connectivity index (χ0) is 19.7. The highest BCUT2D eigenvalue weighted by Gasteiger charge is 2.34. The SMILES string of the molecule is CCOc1ccc(C2N=c3ccccc3=C3C(=O)NC(SCC)=NN32)cc1C. The summed E-state index contributed by atoms with van der Waals surface area (Å²) < 4.78 is 5.66. The van der Waals surface area contributed by atoms with Gasteiger partial charge in [-0.15, -0.1) is 5.10 Å². The summed E-state index contributed by atoms with van der Waals surface area (Å²) in [5.74, 6) is 1.53. The van der Waals surface area contributed by atoms with Crippen molar-refractivity contribution < 1.29 is 9.53 Å². The number of rotatable bonds is 4. The molecule has 2 aromatic rings. The predicted octanol–water partition coefficient (Wildman–Crippen LogP) is 2.29. The van der Waals surface area contributed by atoms with Crippen molar-refractivity contribution in [1.82, 2.24) is 10.3 Å². The molecule has 2 heterocycles. The minimum atomic E-state index is -0.405. The molecule has 0 fully saturated rings. The van der Waals surface area contributed by atoms with Crippen LogP contribution in [0.1, 0.15) is 31.1 Å². The first-order valence-corrected chi connectivity index (χ1v) is 10.3. The van der Waals surface area contributed by atoms with Crippen molar-refractivity contribution >= 4 is 28.5 Å². The summed E-state index contributed by atoms with van der Waals surface area (Å²) >= 11 is 1.50. The number of para-hydroxylation sites is 1. The molecule has 0 aromatic heterocycles. The lowest BCUT2D eigenvalue weighted by molar-refractivity contribution is -0.116. The van der Waals surface area contributed by atoms with Crippen LogP contribution >= 0.6 is 11.8 Å². The van der Waals surface area contributed by atoms with Crippen LogP contribution in [0.5, 0.6) is 5.75 Å². The van der Waals surface area contributed by atoms with Gasteiger partial charge in [0.25, 0.3) is 5.91 Å². The summed E-state index contributed by atoms with van der Waals surface area (Å²) in [7, 11) is 0. The third-order valence-corrected chi connectivity index (χ3v) is 5.34. The zero-order valence-electron chi connectivity index (χ0n) is 16.1. The van der Waals surface area contributed by atoms with E-state index >= 15 is 0 Å². The molecule has 0 bridgehead atoms. The van der Waals surface area contributed by atoms with Gasteiger partial charge in [0.1, 0.15) is 11.4 Å². The van der Waals surface area contributed by atoms with Crippen LogP contribution in [0.2, 0.25) is 0 Å². The highest BCUT2D eigenvalue weighted by atomic mass is 32.2. The van der Waals surface area contributed by atoms with Gasteiger partial charge in [0.2, 0.25) is 0 Å². The van der Waals surface area contributed by atoms with E-state index < -0.39 is 6.17 Å². The number of amides is 1. The number of nitrogens with one attached hydrogen (secondary N) is 1. The molecule has 0 aliphatic carbocycles. The summed E-state index contributed by atoms with van der Waals surface area (Å²) in [5.41, 5.74) is 2.53. The maximum absolute atomic E-state index is 12.9. The molecule has 2 aliphatic heterocycles. The van der Waals surface area contributed by atoms with Crippen molar-refractivity contribution in [2.45, 2.75) is 26.9 Å². The smallest absolute Gasteiger partial charge is 0.276 e. The second-order valence-electron chi connectivity index (χ2n) is 6.46. The number of amidine groups is 1. The molecule has 0 spiro atoms. The highest BCUT2D eigenvalue weighted by molar-refractivity contribution is 8.13. The van der Waals surface area contributed by atoms with Gasteiger partial charge in [0, 0.05) is 5.22 Å². The van der Waals surface area contributed by atoms with Gasteiger partial charge in [-0.25, -0.2) is 5.01 Å². The maximum Gasteiger partial charge on any atom is 0.276 e. The Morgan fingerprint density at radius 3 is 2.79 bits per heavy atom. The second kappa shape index (κ2) is 7.67. The number of aryl methyl sites for hydroxylation is 1. The lowest BCUT2D eigenvalue weighted by atomic mass is 10.1. The number of thioether (sulfide) groups is 1. The molecular formula is C21H22N4O2S. The van der Waals surface area contributed by atoms with Gasteiger partial charge in [0.05, 0.1) is 12.0 Å². The van der Waals surface area contributed by atoms with Gasteiger partial charge in [-0.3, -0.25) is 15.1 Å². The fraction of sp³-hybridized carbons (Fsp3) is 0.286. The Morgan fingerprint density at radius 1 is 1.21 bits per heavy atom. The first-order valence-electron chi connectivity index (χ1n) is 9.35. The van der Waals surface area contributed by atoms with Crippen molar-refractivity contribution in [1.29, 1.82) is 0 Å². The number of benzene rings is 2. The third kappa shape index (κ3) is 3.26. The molecule has 2 aromatic carbocycles. The summed E-state index contributed by atoms with van der Waals surface area (Å²) in [6, 6.07) is 13.7. The van der Waals surface area contributed by atoms with E-state index in [-0.39, 0.29) is 5.91 Å². The Morgan fingerprint density at radius 2 is 2.04 bits per heavy atom. The van der Waals surface area contributed by atoms with E-state index in [2.05, 4.69) is 11.4 Å². The predicted molar refractivity (Wildman–Crippen MR) is 111 cm³/mol. The quantitative estimate of drug-likeness (QED) is 0.864. The van der Waals surface area contributed by atoms with E-state index in [0.29, 0.717) is 17.5 Å². The monoisotopic (exact) mass is 394 g/mol. The molecule has 1 unspecified atom stereocenters. The molecule has 4 rings (SSSR count). The summed E-state index contributed by atoms with van der Waals surface area (Å²) in [5, 5.41) is 11.5. The van der Waals surface area contributed by atoms with Crippen LogP contribution in [0.4, 0.5) is 0 Å². The molecule has 2 aliphatic rings. The van der Waals surface area contributed by atoms with Crippen molar-refractivity contribution in [3.63, 3.8) is 0 Å². The number of hydrogen-bond donors (Lipinski definition) is 1. The number of hydrogen-bond acceptors (Lipinski definition) is 6. The van der Waals surface area contributed by atoms with Gasteiger partial charge >= 0.3 is 0 Å². The Kier molecular flexibility index (Phi) is 5.09. The van der Waals surface area contributed by atoms with Crippen LogP contribution in [-0.2, 0) is 4.79 Å². The van der Waals surface area contributed by atoms with E-state index in [1.807, 2.05) is 57.2 Å². The Labute approximate surface area is 168 Å². The third-order valence-electron chi connectivity index (χ3n) is 4.59. The molecule has 0 radical (unpaired) electrons. The molecule has 0 saturated heterocycles. The normalized spacial score (nSPS) is 17.9. The van der Waals surface area contributed by atoms with Gasteiger partial charge in [0.15, 0.2) is 11.3 Å². The van der Waals surface area contributed by atoms with E-state index in [1.54, 1.807) is 5.01 Å². The van der Waals surface area contributed by atoms with Gasteiger partial charge in [-0.2, -0.15) is 0 Å². The summed E-state index contributed by atoms with van der Waals surface area (Å²) in [6.07, 6.45) is -0.405. The first kappa shape index (κ1) is 18.6. The molecule has 28 heavy (non-hydrogen) atoms. The lowest BCUT2D eigenvalue weighted by Gasteiger charge is -2.34. The molecule has 1 atom stereocenters. The van der Waals surface area contributed by atoms with Gasteiger partial charge < -0.3 is 4.74 Å². The topological polar surface area (TPSA) is 66.3 Å². The van der Waals surface area contributed by atoms with E-state index in [0.717, 1.165) is 33.2 Å². The van der Waals surface area contributed by atoms with Gasteiger partial charge in [-0.1, -0.05) is 43.0 Å². The highest BCUT2D eigenvalue weighted by Crippen LogP contribution is 2.32. The fourth-order valence-electron chi connectivity index (χ4n) is 3.40. The summed E-state index contributed by atoms with van der Waals surface area (Å²) in [4.78, 5) is 17.8. The molecule has 0 saturated carbocycles. The zero-order valence-corrected chi connectivity index (χ0v) is 16.9. The number of nitrogens with zero attached hydrogens (tertiary/aromatic N) is 3. The first-order chi connectivity index (χ1) is 13.6. The van der Waals surface area contributed by atoms with Crippen LogP contribution in [0.25, 0.3) is 5.70 Å². The van der Waals surface area contributed by atoms with E-state index in [9.17, 15) is 4.79 Å². The number of hydrazone groups is 1. The van der Waals surface area contributed by atoms with E-state index in [1.165, 1.54) is 11.8 Å². The Bertz CT molecular complexity index is 1080. The van der Waals surface area contributed by atoms with Crippen molar-refractivity contribution in [2.75, 3.05) is 12.4 Å². The minimum absolute atomic E-state index is 0.152. The number of fused-ring (bicyclic) bond motifs is 2. The molecule has 7 heteroatoms. The minimum Gasteiger partial charge on any atom is -0.494 e. The Balaban J connectivity index is 1.88. The van der Waals surface area contributed by atoms with Crippen molar-refractivity contribution in [3.8, 4) is 5.75 Å². The maximum atomic E-state index is 12.9. The largest absolute Gasteiger partial charge is 0.494 e. The molecule has 1 amide bonds. The van der Waals surface area contributed by atoms with Crippen molar-refractivity contribution in [3.05, 3.63) is 64.2 Å². The molecule has 144 valence electrons. The second-order valence-corrected chi connectivity index (χ2v) is 7.72. The molecular weight excluding hydrogens is 372 g/mol.